The summed E-state index contributed by atoms with van der Waals surface area (Å²) >= 11 is 0. The van der Waals surface area contributed by atoms with Crippen LogP contribution in [0, 0.1) is 11.3 Å². The van der Waals surface area contributed by atoms with Crippen LogP contribution in [0.4, 0.5) is 0 Å². The molecule has 0 radical (unpaired) electrons. The predicted octanol–water partition coefficient (Wildman–Crippen LogP) is 6.45. The smallest absolute Gasteiger partial charge is 0.203 e. The Kier molecular flexibility index (Phi) is 7.33. The Labute approximate surface area is 199 Å². The molecule has 1 saturated carbocycles. The summed E-state index contributed by atoms with van der Waals surface area (Å²) < 4.78 is 16.5. The molecule has 1 saturated heterocycles. The van der Waals surface area contributed by atoms with E-state index in [2.05, 4.69) is 67.3 Å². The lowest BCUT2D eigenvalue weighted by atomic mass is 9.60. The molecule has 4 rings (SSSR count). The standard InChI is InChI=1S/C29H39NO3/c1-21(2)19-30-20-29(28(30)24-9-7-6-8-10-24)15-13-22(14-16-29)11-12-23-17-25(31-3)27(33-5)26(18-23)32-4/h6-11,17-18,21,28H,12-16,19-20H2,1-5H3. The number of allylic oxidation sites excluding steroid dienone is 2. The van der Waals surface area contributed by atoms with Gasteiger partial charge in [-0.25, -0.2) is 0 Å². The average Bonchev–Trinajstić information content (AvgIpc) is 2.82. The Hall–Kier alpha value is -2.46. The molecule has 1 spiro atoms. The summed E-state index contributed by atoms with van der Waals surface area (Å²) in [7, 11) is 4.99. The zero-order valence-corrected chi connectivity index (χ0v) is 20.9. The normalized spacial score (nSPS) is 22.8. The number of methoxy groups -OCH3 is 3. The molecule has 0 aromatic heterocycles. The average molecular weight is 450 g/mol. The van der Waals surface area contributed by atoms with Crippen LogP contribution in [0.15, 0.2) is 54.1 Å². The third-order valence-electron chi connectivity index (χ3n) is 7.42. The summed E-state index contributed by atoms with van der Waals surface area (Å²) in [6.07, 6.45) is 8.27. The monoisotopic (exact) mass is 449 g/mol. The molecule has 2 fully saturated rings. The number of ether oxygens (including phenoxy) is 3. The minimum absolute atomic E-state index is 0.431. The summed E-state index contributed by atoms with van der Waals surface area (Å²) in [6, 6.07) is 15.9. The van der Waals surface area contributed by atoms with Crippen molar-refractivity contribution < 1.29 is 14.2 Å². The van der Waals surface area contributed by atoms with Gasteiger partial charge in [-0.3, -0.25) is 4.90 Å². The Morgan fingerprint density at radius 3 is 2.15 bits per heavy atom. The molecular formula is C29H39NO3. The topological polar surface area (TPSA) is 30.9 Å². The van der Waals surface area contributed by atoms with E-state index in [9.17, 15) is 0 Å². The molecule has 1 aliphatic heterocycles. The SMILES string of the molecule is COc1cc(CC=C2CCC3(CC2)CN(CC(C)C)C3c2ccccc2)cc(OC)c1OC. The van der Waals surface area contributed by atoms with Gasteiger partial charge in [0.1, 0.15) is 0 Å². The molecule has 4 heteroatoms. The van der Waals surface area contributed by atoms with Crippen molar-refractivity contribution >= 4 is 0 Å². The summed E-state index contributed by atoms with van der Waals surface area (Å²) in [5, 5.41) is 0. The number of nitrogens with zero attached hydrogens (tertiary/aromatic N) is 1. The highest BCUT2D eigenvalue weighted by atomic mass is 16.5. The van der Waals surface area contributed by atoms with E-state index in [4.69, 9.17) is 14.2 Å². The molecule has 1 unspecified atom stereocenters. The van der Waals surface area contributed by atoms with E-state index >= 15 is 0 Å². The number of likely N-dealkylation sites (tertiary alicyclic amines) is 1. The summed E-state index contributed by atoms with van der Waals surface area (Å²) in [5.41, 5.74) is 4.70. The van der Waals surface area contributed by atoms with Crippen molar-refractivity contribution in [3.8, 4) is 17.2 Å². The highest BCUT2D eigenvalue weighted by Crippen LogP contribution is 2.57. The van der Waals surface area contributed by atoms with Gasteiger partial charge < -0.3 is 14.2 Å². The quantitative estimate of drug-likeness (QED) is 0.433. The van der Waals surface area contributed by atoms with E-state index in [0.29, 0.717) is 23.1 Å². The van der Waals surface area contributed by atoms with Gasteiger partial charge in [0.05, 0.1) is 21.3 Å². The second-order valence-corrected chi connectivity index (χ2v) is 10.1. The van der Waals surface area contributed by atoms with Gasteiger partial charge in [0.2, 0.25) is 5.75 Å². The minimum Gasteiger partial charge on any atom is -0.493 e. The largest absolute Gasteiger partial charge is 0.493 e. The highest BCUT2D eigenvalue weighted by Gasteiger charge is 2.53. The third-order valence-corrected chi connectivity index (χ3v) is 7.42. The zero-order valence-electron chi connectivity index (χ0n) is 20.9. The first-order chi connectivity index (χ1) is 16.0. The number of benzene rings is 2. The molecule has 1 heterocycles. The molecule has 1 atom stereocenters. The molecule has 33 heavy (non-hydrogen) atoms. The van der Waals surface area contributed by atoms with Crippen LogP contribution in [0.2, 0.25) is 0 Å². The Balaban J connectivity index is 1.45. The summed E-state index contributed by atoms with van der Waals surface area (Å²) in [5.74, 6) is 2.79. The number of hydrogen-bond donors (Lipinski definition) is 0. The molecular weight excluding hydrogens is 410 g/mol. The van der Waals surface area contributed by atoms with E-state index in [1.807, 2.05) is 0 Å². The van der Waals surface area contributed by atoms with Gasteiger partial charge in [0.15, 0.2) is 11.5 Å². The first-order valence-corrected chi connectivity index (χ1v) is 12.3. The van der Waals surface area contributed by atoms with Crippen LogP contribution in [-0.4, -0.2) is 39.3 Å². The van der Waals surface area contributed by atoms with Crippen molar-refractivity contribution in [2.75, 3.05) is 34.4 Å². The lowest BCUT2D eigenvalue weighted by Gasteiger charge is -2.60. The first-order valence-electron chi connectivity index (χ1n) is 12.3. The van der Waals surface area contributed by atoms with E-state index in [1.54, 1.807) is 26.9 Å². The molecule has 0 bridgehead atoms. The number of rotatable bonds is 8. The fourth-order valence-electron chi connectivity index (χ4n) is 5.92. The number of hydrogen-bond acceptors (Lipinski definition) is 4. The van der Waals surface area contributed by atoms with Gasteiger partial charge in [-0.1, -0.05) is 55.8 Å². The fraction of sp³-hybridized carbons (Fsp3) is 0.517. The van der Waals surface area contributed by atoms with Crippen molar-refractivity contribution in [3.05, 3.63) is 65.2 Å². The van der Waals surface area contributed by atoms with Gasteiger partial charge in [-0.2, -0.15) is 0 Å². The lowest BCUT2D eigenvalue weighted by molar-refractivity contribution is -0.100. The van der Waals surface area contributed by atoms with E-state index < -0.39 is 0 Å². The molecule has 0 amide bonds. The van der Waals surface area contributed by atoms with Crippen molar-refractivity contribution in [1.82, 2.24) is 4.90 Å². The van der Waals surface area contributed by atoms with Gasteiger partial charge in [-0.15, -0.1) is 0 Å². The van der Waals surface area contributed by atoms with Crippen LogP contribution < -0.4 is 14.2 Å². The van der Waals surface area contributed by atoms with Crippen LogP contribution in [-0.2, 0) is 6.42 Å². The maximum atomic E-state index is 5.52. The fourth-order valence-corrected chi connectivity index (χ4v) is 5.92. The van der Waals surface area contributed by atoms with Gasteiger partial charge in [-0.05, 0) is 61.3 Å². The predicted molar refractivity (Wildman–Crippen MR) is 134 cm³/mol. The van der Waals surface area contributed by atoms with Gasteiger partial charge in [0, 0.05) is 24.5 Å². The van der Waals surface area contributed by atoms with E-state index in [-0.39, 0.29) is 0 Å². The molecule has 2 aromatic carbocycles. The molecule has 2 aliphatic rings. The van der Waals surface area contributed by atoms with Crippen molar-refractivity contribution in [3.63, 3.8) is 0 Å². The van der Waals surface area contributed by atoms with Gasteiger partial charge in [0.25, 0.3) is 0 Å². The van der Waals surface area contributed by atoms with Crippen molar-refractivity contribution in [2.24, 2.45) is 11.3 Å². The second-order valence-electron chi connectivity index (χ2n) is 10.1. The van der Waals surface area contributed by atoms with E-state index in [1.165, 1.54) is 49.9 Å². The zero-order chi connectivity index (χ0) is 23.4. The third kappa shape index (κ3) is 4.91. The van der Waals surface area contributed by atoms with Crippen LogP contribution in [0.1, 0.15) is 56.7 Å². The molecule has 2 aromatic rings. The van der Waals surface area contributed by atoms with Crippen LogP contribution in [0.25, 0.3) is 0 Å². The molecule has 4 nitrogen and oxygen atoms in total. The molecule has 1 aliphatic carbocycles. The molecule has 0 N–H and O–H groups in total. The Bertz CT molecular complexity index is 931. The Morgan fingerprint density at radius 2 is 1.61 bits per heavy atom. The van der Waals surface area contributed by atoms with Crippen LogP contribution >= 0.6 is 0 Å². The highest BCUT2D eigenvalue weighted by molar-refractivity contribution is 5.54. The molecule has 178 valence electrons. The van der Waals surface area contributed by atoms with Crippen molar-refractivity contribution in [1.29, 1.82) is 0 Å². The van der Waals surface area contributed by atoms with Crippen molar-refractivity contribution in [2.45, 2.75) is 52.0 Å². The summed E-state index contributed by atoms with van der Waals surface area (Å²) in [6.45, 7) is 7.09. The lowest BCUT2D eigenvalue weighted by Crippen LogP contribution is -2.60. The van der Waals surface area contributed by atoms with Crippen LogP contribution in [0.3, 0.4) is 0 Å². The minimum atomic E-state index is 0.431. The second kappa shape index (κ2) is 10.2. The Morgan fingerprint density at radius 1 is 0.970 bits per heavy atom. The van der Waals surface area contributed by atoms with E-state index in [0.717, 1.165) is 17.9 Å². The first kappa shape index (κ1) is 23.7. The summed E-state index contributed by atoms with van der Waals surface area (Å²) in [4.78, 5) is 2.71. The van der Waals surface area contributed by atoms with Gasteiger partial charge >= 0.3 is 0 Å². The van der Waals surface area contributed by atoms with Crippen LogP contribution in [0.5, 0.6) is 17.2 Å². The maximum absolute atomic E-state index is 5.52. The maximum Gasteiger partial charge on any atom is 0.203 e.